The molecule has 0 aromatic carbocycles. The molecule has 2 nitrogen and oxygen atoms in total. The van der Waals surface area contributed by atoms with Gasteiger partial charge in [-0.2, -0.15) is 0 Å². The van der Waals surface area contributed by atoms with E-state index in [1.165, 1.54) is 58.3 Å². The Morgan fingerprint density at radius 2 is 2.25 bits per heavy atom. The van der Waals surface area contributed by atoms with Crippen molar-refractivity contribution in [2.75, 3.05) is 26.2 Å². The minimum absolute atomic E-state index is 0.699. The van der Waals surface area contributed by atoms with Crippen LogP contribution in [0.3, 0.4) is 0 Å². The highest BCUT2D eigenvalue weighted by Gasteiger charge is 2.15. The fraction of sp³-hybridized carbons (Fsp3) is 1.00. The first-order valence-electron chi connectivity index (χ1n) is 7.18. The number of piperidine rings is 1. The van der Waals surface area contributed by atoms with Gasteiger partial charge in [-0.1, -0.05) is 20.3 Å². The standard InChI is InChI=1S/C14H30N2/c1-4-7-14(3)15-9-6-11-16-10-5-8-13(2)12-16/h13-15H,4-12H2,1-3H3. The third-order valence-electron chi connectivity index (χ3n) is 3.61. The van der Waals surface area contributed by atoms with Gasteiger partial charge in [0, 0.05) is 12.6 Å². The molecule has 1 saturated heterocycles. The third kappa shape index (κ3) is 5.86. The molecule has 1 aliphatic heterocycles. The molecule has 96 valence electrons. The second-order valence-corrected chi connectivity index (χ2v) is 5.55. The van der Waals surface area contributed by atoms with Gasteiger partial charge >= 0.3 is 0 Å². The summed E-state index contributed by atoms with van der Waals surface area (Å²) in [4.78, 5) is 2.64. The summed E-state index contributed by atoms with van der Waals surface area (Å²) in [6, 6.07) is 0.699. The SMILES string of the molecule is CCCC(C)NCCCN1CCCC(C)C1. The second-order valence-electron chi connectivity index (χ2n) is 5.55. The van der Waals surface area contributed by atoms with Gasteiger partial charge in [0.05, 0.1) is 0 Å². The van der Waals surface area contributed by atoms with Gasteiger partial charge in [-0.05, 0) is 58.2 Å². The van der Waals surface area contributed by atoms with Gasteiger partial charge in [-0.15, -0.1) is 0 Å². The largest absolute Gasteiger partial charge is 0.314 e. The van der Waals surface area contributed by atoms with Crippen molar-refractivity contribution < 1.29 is 0 Å². The molecule has 1 heterocycles. The zero-order valence-electron chi connectivity index (χ0n) is 11.5. The van der Waals surface area contributed by atoms with Crippen LogP contribution < -0.4 is 5.32 Å². The molecule has 0 bridgehead atoms. The topological polar surface area (TPSA) is 15.3 Å². The lowest BCUT2D eigenvalue weighted by molar-refractivity contribution is 0.181. The molecule has 1 aliphatic rings. The lowest BCUT2D eigenvalue weighted by atomic mass is 10.0. The van der Waals surface area contributed by atoms with Crippen molar-refractivity contribution in [2.24, 2.45) is 5.92 Å². The van der Waals surface area contributed by atoms with Crippen molar-refractivity contribution >= 4 is 0 Å². The monoisotopic (exact) mass is 226 g/mol. The molecule has 0 amide bonds. The number of likely N-dealkylation sites (tertiary alicyclic amines) is 1. The van der Waals surface area contributed by atoms with E-state index in [1.54, 1.807) is 0 Å². The normalized spacial score (nSPS) is 24.6. The molecule has 1 N–H and O–H groups in total. The van der Waals surface area contributed by atoms with E-state index in [1.807, 2.05) is 0 Å². The summed E-state index contributed by atoms with van der Waals surface area (Å²) < 4.78 is 0. The van der Waals surface area contributed by atoms with E-state index in [4.69, 9.17) is 0 Å². The summed E-state index contributed by atoms with van der Waals surface area (Å²) >= 11 is 0. The first-order chi connectivity index (χ1) is 7.72. The molecule has 0 aromatic rings. The Labute approximate surface area is 102 Å². The molecule has 0 radical (unpaired) electrons. The Morgan fingerprint density at radius 3 is 2.94 bits per heavy atom. The molecule has 16 heavy (non-hydrogen) atoms. The Morgan fingerprint density at radius 1 is 1.44 bits per heavy atom. The van der Waals surface area contributed by atoms with Crippen LogP contribution in [0, 0.1) is 5.92 Å². The van der Waals surface area contributed by atoms with E-state index in [-0.39, 0.29) is 0 Å². The Balaban J connectivity index is 1.98. The quantitative estimate of drug-likeness (QED) is 0.672. The maximum absolute atomic E-state index is 3.61. The van der Waals surface area contributed by atoms with Crippen LogP contribution in [-0.4, -0.2) is 37.1 Å². The van der Waals surface area contributed by atoms with Crippen LogP contribution in [0.15, 0.2) is 0 Å². The van der Waals surface area contributed by atoms with Gasteiger partial charge < -0.3 is 10.2 Å². The fourth-order valence-electron chi connectivity index (χ4n) is 2.68. The van der Waals surface area contributed by atoms with Crippen molar-refractivity contribution in [1.82, 2.24) is 10.2 Å². The highest BCUT2D eigenvalue weighted by atomic mass is 15.1. The van der Waals surface area contributed by atoms with Gasteiger partial charge in [-0.3, -0.25) is 0 Å². The lowest BCUT2D eigenvalue weighted by Gasteiger charge is -2.30. The van der Waals surface area contributed by atoms with Crippen molar-refractivity contribution in [2.45, 2.75) is 58.9 Å². The molecular weight excluding hydrogens is 196 g/mol. The van der Waals surface area contributed by atoms with Crippen molar-refractivity contribution in [3.05, 3.63) is 0 Å². The predicted octanol–water partition coefficient (Wildman–Crippen LogP) is 2.89. The summed E-state index contributed by atoms with van der Waals surface area (Å²) in [7, 11) is 0. The molecule has 0 aromatic heterocycles. The van der Waals surface area contributed by atoms with E-state index in [0.717, 1.165) is 5.92 Å². The zero-order valence-corrected chi connectivity index (χ0v) is 11.5. The number of rotatable bonds is 7. The zero-order chi connectivity index (χ0) is 11.8. The predicted molar refractivity (Wildman–Crippen MR) is 71.8 cm³/mol. The average Bonchev–Trinajstić information content (AvgIpc) is 2.25. The summed E-state index contributed by atoms with van der Waals surface area (Å²) in [5, 5.41) is 3.61. The maximum Gasteiger partial charge on any atom is 0.00386 e. The first kappa shape index (κ1) is 14.0. The van der Waals surface area contributed by atoms with E-state index in [2.05, 4.69) is 31.0 Å². The van der Waals surface area contributed by atoms with Crippen LogP contribution in [0.25, 0.3) is 0 Å². The number of nitrogens with one attached hydrogen (secondary N) is 1. The minimum Gasteiger partial charge on any atom is -0.314 e. The summed E-state index contributed by atoms with van der Waals surface area (Å²) in [5.74, 6) is 0.917. The van der Waals surface area contributed by atoms with Crippen LogP contribution in [0.5, 0.6) is 0 Å². The Bertz CT molecular complexity index is 170. The third-order valence-corrected chi connectivity index (χ3v) is 3.61. The van der Waals surface area contributed by atoms with Crippen molar-refractivity contribution in [3.8, 4) is 0 Å². The van der Waals surface area contributed by atoms with Crippen LogP contribution in [-0.2, 0) is 0 Å². The van der Waals surface area contributed by atoms with Crippen LogP contribution >= 0.6 is 0 Å². The molecule has 2 atom stereocenters. The van der Waals surface area contributed by atoms with E-state index < -0.39 is 0 Å². The summed E-state index contributed by atoms with van der Waals surface area (Å²) in [6.45, 7) is 12.1. The van der Waals surface area contributed by atoms with Crippen molar-refractivity contribution in [1.29, 1.82) is 0 Å². The lowest BCUT2D eigenvalue weighted by Crippen LogP contribution is -2.36. The molecule has 2 unspecified atom stereocenters. The first-order valence-corrected chi connectivity index (χ1v) is 7.18. The maximum atomic E-state index is 3.61. The van der Waals surface area contributed by atoms with Gasteiger partial charge in [0.2, 0.25) is 0 Å². The fourth-order valence-corrected chi connectivity index (χ4v) is 2.68. The molecule has 1 fully saturated rings. The molecule has 1 rings (SSSR count). The van der Waals surface area contributed by atoms with Crippen LogP contribution in [0.4, 0.5) is 0 Å². The van der Waals surface area contributed by atoms with Crippen LogP contribution in [0.2, 0.25) is 0 Å². The van der Waals surface area contributed by atoms with Crippen LogP contribution in [0.1, 0.15) is 52.9 Å². The molecule has 0 spiro atoms. The molecule has 0 aliphatic carbocycles. The second kappa shape index (κ2) is 8.08. The van der Waals surface area contributed by atoms with Crippen molar-refractivity contribution in [3.63, 3.8) is 0 Å². The van der Waals surface area contributed by atoms with Gasteiger partial charge in [0.1, 0.15) is 0 Å². The van der Waals surface area contributed by atoms with Gasteiger partial charge in [0.25, 0.3) is 0 Å². The highest BCUT2D eigenvalue weighted by molar-refractivity contribution is 4.70. The Kier molecular flexibility index (Phi) is 7.06. The minimum atomic E-state index is 0.699. The number of nitrogens with zero attached hydrogens (tertiary/aromatic N) is 1. The van der Waals surface area contributed by atoms with Gasteiger partial charge in [-0.25, -0.2) is 0 Å². The average molecular weight is 226 g/mol. The number of hydrogen-bond acceptors (Lipinski definition) is 2. The smallest absolute Gasteiger partial charge is 0.00386 e. The summed E-state index contributed by atoms with van der Waals surface area (Å²) in [5.41, 5.74) is 0. The Hall–Kier alpha value is -0.0800. The van der Waals surface area contributed by atoms with E-state index in [0.29, 0.717) is 6.04 Å². The molecular formula is C14H30N2. The molecule has 2 heteroatoms. The van der Waals surface area contributed by atoms with Gasteiger partial charge in [0.15, 0.2) is 0 Å². The highest BCUT2D eigenvalue weighted by Crippen LogP contribution is 2.15. The van der Waals surface area contributed by atoms with E-state index >= 15 is 0 Å². The number of hydrogen-bond donors (Lipinski definition) is 1. The van der Waals surface area contributed by atoms with E-state index in [9.17, 15) is 0 Å². The molecule has 0 saturated carbocycles. The summed E-state index contributed by atoms with van der Waals surface area (Å²) in [6.07, 6.45) is 6.74.